The van der Waals surface area contributed by atoms with E-state index in [1.165, 1.54) is 257 Å². The van der Waals surface area contributed by atoms with Gasteiger partial charge in [0.15, 0.2) is 12.2 Å². The molecule has 606 valence electrons. The summed E-state index contributed by atoms with van der Waals surface area (Å²) < 4.78 is 68.6. The van der Waals surface area contributed by atoms with Gasteiger partial charge in [0.25, 0.3) is 0 Å². The number of aliphatic hydroxyl groups excluding tert-OH is 1. The van der Waals surface area contributed by atoms with Crippen LogP contribution in [0.1, 0.15) is 446 Å². The molecule has 17 nitrogen and oxygen atoms in total. The Morgan fingerprint density at radius 2 is 0.451 bits per heavy atom. The fourth-order valence-electron chi connectivity index (χ4n) is 12.9. The number of hydrogen-bond acceptors (Lipinski definition) is 15. The van der Waals surface area contributed by atoms with Crippen molar-refractivity contribution in [1.82, 2.24) is 0 Å². The van der Waals surface area contributed by atoms with E-state index in [4.69, 9.17) is 37.0 Å². The van der Waals surface area contributed by atoms with Gasteiger partial charge in [0.1, 0.15) is 19.3 Å². The largest absolute Gasteiger partial charge is 0.472 e. The number of hydrogen-bond donors (Lipinski definition) is 3. The minimum Gasteiger partial charge on any atom is -0.462 e. The van der Waals surface area contributed by atoms with E-state index in [2.05, 4.69) is 34.6 Å². The summed E-state index contributed by atoms with van der Waals surface area (Å²) in [5.74, 6) is -1.29. The van der Waals surface area contributed by atoms with Crippen LogP contribution in [0, 0.1) is 5.92 Å². The number of phosphoric ester groups is 2. The first-order chi connectivity index (χ1) is 49.5. The minimum atomic E-state index is -4.96. The molecule has 0 aliphatic carbocycles. The lowest BCUT2D eigenvalue weighted by Crippen LogP contribution is -2.30. The average Bonchev–Trinajstić information content (AvgIpc) is 0.915. The second-order valence-electron chi connectivity index (χ2n) is 30.3. The fourth-order valence-corrected chi connectivity index (χ4v) is 14.5. The first-order valence-corrected chi connectivity index (χ1v) is 46.1. The van der Waals surface area contributed by atoms with E-state index in [-0.39, 0.29) is 25.7 Å². The van der Waals surface area contributed by atoms with Crippen molar-refractivity contribution in [2.75, 3.05) is 39.6 Å². The van der Waals surface area contributed by atoms with Crippen LogP contribution >= 0.6 is 15.6 Å². The van der Waals surface area contributed by atoms with Crippen LogP contribution in [0.4, 0.5) is 0 Å². The summed E-state index contributed by atoms with van der Waals surface area (Å²) >= 11 is 0. The molecular formula is C83H162O17P2. The van der Waals surface area contributed by atoms with E-state index in [1.54, 1.807) is 0 Å². The third-order valence-corrected chi connectivity index (χ3v) is 21.4. The SMILES string of the molecule is CCCCCCCCCCCCCCCCCCCCCCC(=O)OC[C@H](COP(=O)(O)OC[C@@H](O)COP(=O)(O)OC[C@@H](COC(=O)CCCCCCCCC)OC(=O)CCCCCCCCCCCCCCCC)OC(=O)CCCCCCCCCCCCCCCCCCCCC(C)C. The Morgan fingerprint density at radius 1 is 0.265 bits per heavy atom. The highest BCUT2D eigenvalue weighted by Crippen LogP contribution is 2.45. The van der Waals surface area contributed by atoms with Gasteiger partial charge in [0, 0.05) is 25.7 Å². The Balaban J connectivity index is 5.16. The van der Waals surface area contributed by atoms with Gasteiger partial charge in [-0.2, -0.15) is 0 Å². The number of carbonyl (C=O) groups is 4. The monoisotopic (exact) mass is 1490 g/mol. The van der Waals surface area contributed by atoms with Crippen LogP contribution in [0.5, 0.6) is 0 Å². The predicted octanol–water partition coefficient (Wildman–Crippen LogP) is 25.2. The summed E-state index contributed by atoms with van der Waals surface area (Å²) in [6.07, 6.45) is 68.3. The van der Waals surface area contributed by atoms with E-state index in [9.17, 15) is 43.2 Å². The molecule has 0 saturated heterocycles. The normalized spacial score (nSPS) is 13.8. The molecule has 0 saturated carbocycles. The van der Waals surface area contributed by atoms with Gasteiger partial charge in [-0.05, 0) is 31.6 Å². The lowest BCUT2D eigenvalue weighted by Gasteiger charge is -2.21. The highest BCUT2D eigenvalue weighted by molar-refractivity contribution is 7.47. The highest BCUT2D eigenvalue weighted by atomic mass is 31.2. The van der Waals surface area contributed by atoms with Crippen LogP contribution < -0.4 is 0 Å². The summed E-state index contributed by atoms with van der Waals surface area (Å²) in [4.78, 5) is 72.9. The van der Waals surface area contributed by atoms with Gasteiger partial charge < -0.3 is 33.8 Å². The molecule has 0 radical (unpaired) electrons. The molecule has 0 heterocycles. The van der Waals surface area contributed by atoms with Gasteiger partial charge in [-0.15, -0.1) is 0 Å². The van der Waals surface area contributed by atoms with Crippen molar-refractivity contribution < 1.29 is 80.2 Å². The van der Waals surface area contributed by atoms with E-state index in [0.29, 0.717) is 25.7 Å². The molecule has 0 fully saturated rings. The fraction of sp³-hybridized carbons (Fsp3) is 0.952. The highest BCUT2D eigenvalue weighted by Gasteiger charge is 2.30. The Labute approximate surface area is 626 Å². The Kier molecular flexibility index (Phi) is 74.4. The Morgan fingerprint density at radius 3 is 0.667 bits per heavy atom. The zero-order valence-electron chi connectivity index (χ0n) is 66.8. The number of unbranched alkanes of at least 4 members (excludes halogenated alkanes) is 55. The van der Waals surface area contributed by atoms with E-state index >= 15 is 0 Å². The Bertz CT molecular complexity index is 1940. The average molecular weight is 1490 g/mol. The van der Waals surface area contributed by atoms with Crippen molar-refractivity contribution in [3.05, 3.63) is 0 Å². The molecule has 0 bridgehead atoms. The minimum absolute atomic E-state index is 0.108. The number of esters is 4. The van der Waals surface area contributed by atoms with Gasteiger partial charge in [-0.25, -0.2) is 9.13 Å². The number of rotatable bonds is 83. The number of aliphatic hydroxyl groups is 1. The molecule has 0 aliphatic rings. The maximum atomic E-state index is 13.1. The third-order valence-electron chi connectivity index (χ3n) is 19.5. The number of phosphoric acid groups is 2. The molecular weight excluding hydrogens is 1330 g/mol. The molecule has 2 unspecified atom stereocenters. The second kappa shape index (κ2) is 75.9. The zero-order valence-corrected chi connectivity index (χ0v) is 68.5. The molecule has 0 amide bonds. The first kappa shape index (κ1) is 100. The van der Waals surface area contributed by atoms with Crippen LogP contribution in [-0.4, -0.2) is 96.7 Å². The van der Waals surface area contributed by atoms with Crippen LogP contribution in [0.15, 0.2) is 0 Å². The van der Waals surface area contributed by atoms with E-state index in [1.807, 2.05) is 0 Å². The molecule has 19 heteroatoms. The second-order valence-corrected chi connectivity index (χ2v) is 33.3. The summed E-state index contributed by atoms with van der Waals surface area (Å²) in [5, 5.41) is 10.6. The lowest BCUT2D eigenvalue weighted by atomic mass is 10.0. The lowest BCUT2D eigenvalue weighted by molar-refractivity contribution is -0.161. The van der Waals surface area contributed by atoms with Crippen LogP contribution in [0.3, 0.4) is 0 Å². The van der Waals surface area contributed by atoms with Crippen LogP contribution in [-0.2, 0) is 65.4 Å². The number of carbonyl (C=O) groups excluding carboxylic acids is 4. The maximum absolute atomic E-state index is 13.1. The molecule has 0 aromatic rings. The van der Waals surface area contributed by atoms with Gasteiger partial charge in [0.05, 0.1) is 26.4 Å². The van der Waals surface area contributed by atoms with Crippen LogP contribution in [0.2, 0.25) is 0 Å². The molecule has 102 heavy (non-hydrogen) atoms. The molecule has 0 rings (SSSR count). The van der Waals surface area contributed by atoms with Gasteiger partial charge >= 0.3 is 39.5 Å². The quantitative estimate of drug-likeness (QED) is 0.0222. The van der Waals surface area contributed by atoms with Gasteiger partial charge in [0.2, 0.25) is 0 Å². The molecule has 0 aromatic carbocycles. The van der Waals surface area contributed by atoms with Crippen molar-refractivity contribution in [1.29, 1.82) is 0 Å². The van der Waals surface area contributed by atoms with Crippen molar-refractivity contribution in [3.63, 3.8) is 0 Å². The number of ether oxygens (including phenoxy) is 4. The third kappa shape index (κ3) is 76.3. The molecule has 0 aliphatic heterocycles. The first-order valence-electron chi connectivity index (χ1n) is 43.1. The maximum Gasteiger partial charge on any atom is 0.472 e. The summed E-state index contributed by atoms with van der Waals surface area (Å²) in [5.41, 5.74) is 0. The summed E-state index contributed by atoms with van der Waals surface area (Å²) in [6.45, 7) is 7.34. The molecule has 5 atom stereocenters. The molecule has 0 aromatic heterocycles. The topological polar surface area (TPSA) is 237 Å². The molecule has 0 spiro atoms. The van der Waals surface area contributed by atoms with Crippen LogP contribution in [0.25, 0.3) is 0 Å². The van der Waals surface area contributed by atoms with Crippen molar-refractivity contribution >= 4 is 39.5 Å². The van der Waals surface area contributed by atoms with Crippen molar-refractivity contribution in [2.24, 2.45) is 5.92 Å². The van der Waals surface area contributed by atoms with E-state index < -0.39 is 97.5 Å². The Hall–Kier alpha value is -1.94. The molecule has 3 N–H and O–H groups in total. The van der Waals surface area contributed by atoms with Crippen molar-refractivity contribution in [3.8, 4) is 0 Å². The van der Waals surface area contributed by atoms with Crippen molar-refractivity contribution in [2.45, 2.75) is 464 Å². The standard InChI is InChI=1S/C83H162O17P2/c1-6-9-12-15-18-20-22-24-26-27-28-29-33-36-40-43-47-52-57-62-67-81(86)94-73-79(100-83(88)69-64-59-54-49-45-41-37-34-31-30-32-35-38-42-46-51-55-60-65-76(4)5)75-98-102(91,92)96-71-77(84)70-95-101(89,90)97-74-78(72-93-80(85)66-61-56-50-17-14-11-8-3)99-82(87)68-63-58-53-48-44-39-25-23-21-19-16-13-10-7-2/h76-79,84H,6-75H2,1-5H3,(H,89,90)(H,91,92)/t77-,78+,79+/m0/s1. The summed E-state index contributed by atoms with van der Waals surface area (Å²) in [6, 6.07) is 0. The summed E-state index contributed by atoms with van der Waals surface area (Å²) in [7, 11) is -9.91. The smallest absolute Gasteiger partial charge is 0.462 e. The van der Waals surface area contributed by atoms with Gasteiger partial charge in [-0.3, -0.25) is 37.3 Å². The predicted molar refractivity (Wildman–Crippen MR) is 418 cm³/mol. The zero-order chi connectivity index (χ0) is 74.8. The van der Waals surface area contributed by atoms with Gasteiger partial charge in [-0.1, -0.05) is 394 Å². The van der Waals surface area contributed by atoms with E-state index in [0.717, 1.165) is 109 Å².